The molecule has 0 unspecified atom stereocenters. The number of hydrogen-bond acceptors (Lipinski definition) is 2. The summed E-state index contributed by atoms with van der Waals surface area (Å²) in [5, 5.41) is 15.7. The molecule has 0 saturated carbocycles. The fourth-order valence-corrected chi connectivity index (χ4v) is 0.185. The predicted octanol–water partition coefficient (Wildman–Crippen LogP) is -2.87. The molecule has 0 aromatic carbocycles. The Morgan fingerprint density at radius 3 is 1.60 bits per heavy atom. The van der Waals surface area contributed by atoms with Crippen LogP contribution < -0.4 is 18.9 Å². The molecule has 0 spiro atoms. The van der Waals surface area contributed by atoms with Crippen LogP contribution in [-0.2, 0) is 9.59 Å². The molecule has 0 aliphatic carbocycles. The third-order valence-corrected chi connectivity index (χ3v) is 0.570. The van der Waals surface area contributed by atoms with E-state index in [-0.39, 0.29) is 20.3 Å². The van der Waals surface area contributed by atoms with Gasteiger partial charge in [0.25, 0.3) is 0 Å². The topological polar surface area (TPSA) is 74.6 Å². The SMILES string of the molecule is O=C(O)C(=CF)C(=O)O.[H-].[Li+]. The number of halogens is 1. The Labute approximate surface area is 69.0 Å². The molecule has 0 aromatic heterocycles. The van der Waals surface area contributed by atoms with E-state index in [2.05, 4.69) is 0 Å². The van der Waals surface area contributed by atoms with Crippen molar-refractivity contribution in [3.05, 3.63) is 11.9 Å². The molecule has 0 bridgehead atoms. The molecule has 0 amide bonds. The zero-order valence-electron chi connectivity index (χ0n) is 6.17. The number of rotatable bonds is 2. The van der Waals surface area contributed by atoms with Crippen molar-refractivity contribution >= 4 is 11.9 Å². The van der Waals surface area contributed by atoms with Crippen LogP contribution in [0.5, 0.6) is 0 Å². The van der Waals surface area contributed by atoms with E-state index in [0.717, 1.165) is 0 Å². The molecule has 4 nitrogen and oxygen atoms in total. The minimum Gasteiger partial charge on any atom is -1.00 e. The van der Waals surface area contributed by atoms with Gasteiger partial charge >= 0.3 is 30.8 Å². The first-order valence-corrected chi connectivity index (χ1v) is 1.86. The molecule has 10 heavy (non-hydrogen) atoms. The molecule has 0 radical (unpaired) electrons. The Hall–Kier alpha value is -0.793. The largest absolute Gasteiger partial charge is 1.00 e. The molecule has 0 saturated heterocycles. The summed E-state index contributed by atoms with van der Waals surface area (Å²) >= 11 is 0. The minimum atomic E-state index is -1.79. The van der Waals surface area contributed by atoms with Crippen molar-refractivity contribution in [1.82, 2.24) is 0 Å². The second kappa shape index (κ2) is 5.03. The molecule has 6 heteroatoms. The Morgan fingerprint density at radius 1 is 1.30 bits per heavy atom. The van der Waals surface area contributed by atoms with Crippen LogP contribution in [0.2, 0.25) is 0 Å². The van der Waals surface area contributed by atoms with Crippen molar-refractivity contribution in [3.8, 4) is 0 Å². The first-order valence-electron chi connectivity index (χ1n) is 1.86. The molecule has 0 aliphatic rings. The maximum absolute atomic E-state index is 11.2. The maximum atomic E-state index is 11.2. The normalized spacial score (nSPS) is 7.30. The van der Waals surface area contributed by atoms with Crippen LogP contribution in [0.1, 0.15) is 1.43 Å². The van der Waals surface area contributed by atoms with Crippen LogP contribution >= 0.6 is 0 Å². The van der Waals surface area contributed by atoms with Gasteiger partial charge in [0.05, 0.1) is 0 Å². The van der Waals surface area contributed by atoms with E-state index in [1.54, 1.807) is 0 Å². The van der Waals surface area contributed by atoms with Gasteiger partial charge in [0.2, 0.25) is 0 Å². The summed E-state index contributed by atoms with van der Waals surface area (Å²) in [6, 6.07) is 0. The van der Waals surface area contributed by atoms with Gasteiger partial charge in [0, 0.05) is 0 Å². The zero-order valence-corrected chi connectivity index (χ0v) is 5.17. The molecule has 0 aromatic rings. The number of carboxylic acids is 2. The van der Waals surface area contributed by atoms with Gasteiger partial charge in [0.15, 0.2) is 5.57 Å². The number of carbonyl (C=O) groups is 2. The van der Waals surface area contributed by atoms with Crippen molar-refractivity contribution in [3.63, 3.8) is 0 Å². The van der Waals surface area contributed by atoms with E-state index < -0.39 is 23.8 Å². The Kier molecular flexibility index (Phi) is 6.00. The van der Waals surface area contributed by atoms with Crippen LogP contribution in [0.3, 0.4) is 0 Å². The van der Waals surface area contributed by atoms with E-state index in [1.165, 1.54) is 0 Å². The van der Waals surface area contributed by atoms with Gasteiger partial charge in [-0.3, -0.25) is 0 Å². The fourth-order valence-electron chi connectivity index (χ4n) is 0.185. The van der Waals surface area contributed by atoms with E-state index in [4.69, 9.17) is 10.2 Å². The fraction of sp³-hybridized carbons (Fsp3) is 0. The van der Waals surface area contributed by atoms with E-state index in [0.29, 0.717) is 0 Å². The summed E-state index contributed by atoms with van der Waals surface area (Å²) in [5.74, 6) is -3.57. The molecule has 0 aliphatic heterocycles. The maximum Gasteiger partial charge on any atom is 1.00 e. The summed E-state index contributed by atoms with van der Waals surface area (Å²) in [4.78, 5) is 19.4. The summed E-state index contributed by atoms with van der Waals surface area (Å²) < 4.78 is 11.2. The van der Waals surface area contributed by atoms with Gasteiger partial charge in [0.1, 0.15) is 6.33 Å². The van der Waals surface area contributed by atoms with Gasteiger partial charge in [-0.05, 0) is 0 Å². The zero-order chi connectivity index (χ0) is 7.44. The standard InChI is InChI=1S/C4H3FO4.Li.H/c5-1-2(3(6)7)4(8)9;;/h1H,(H,6,7)(H,8,9);;/q;+1;-1. The summed E-state index contributed by atoms with van der Waals surface area (Å²) in [6.07, 6.45) is -0.468. The average Bonchev–Trinajstić information content (AvgIpc) is 1.64. The van der Waals surface area contributed by atoms with Crippen molar-refractivity contribution < 1.29 is 44.5 Å². The first kappa shape index (κ1) is 11.9. The van der Waals surface area contributed by atoms with Gasteiger partial charge in [-0.15, -0.1) is 0 Å². The van der Waals surface area contributed by atoms with Crippen molar-refractivity contribution in [2.24, 2.45) is 0 Å². The summed E-state index contributed by atoms with van der Waals surface area (Å²) in [5.41, 5.74) is -1.27. The van der Waals surface area contributed by atoms with E-state index >= 15 is 0 Å². The predicted molar refractivity (Wildman–Crippen MR) is 25.6 cm³/mol. The monoisotopic (exact) mass is 142 g/mol. The quantitative estimate of drug-likeness (QED) is 0.188. The van der Waals surface area contributed by atoms with Gasteiger partial charge in [-0.1, -0.05) is 0 Å². The van der Waals surface area contributed by atoms with E-state index in [9.17, 15) is 14.0 Å². The second-order valence-corrected chi connectivity index (χ2v) is 1.13. The number of carboxylic acid groups (broad SMARTS) is 2. The van der Waals surface area contributed by atoms with Crippen LogP contribution in [0.4, 0.5) is 4.39 Å². The molecule has 0 fully saturated rings. The Balaban J connectivity index is -0.000000320. The first-order chi connectivity index (χ1) is 4.09. The second-order valence-electron chi connectivity index (χ2n) is 1.13. The van der Waals surface area contributed by atoms with Gasteiger partial charge in [-0.25, -0.2) is 14.0 Å². The molecular weight excluding hydrogens is 138 g/mol. The van der Waals surface area contributed by atoms with Gasteiger partial charge in [-0.2, -0.15) is 0 Å². The summed E-state index contributed by atoms with van der Waals surface area (Å²) in [7, 11) is 0. The third-order valence-electron chi connectivity index (χ3n) is 0.570. The molecular formula is C4H4FLiO4. The number of hydrogen-bond donors (Lipinski definition) is 2. The van der Waals surface area contributed by atoms with Crippen LogP contribution in [-0.4, -0.2) is 22.2 Å². The smallest absolute Gasteiger partial charge is 1.00 e. The molecule has 52 valence electrons. The average molecular weight is 142 g/mol. The Morgan fingerprint density at radius 2 is 1.60 bits per heavy atom. The number of aliphatic carboxylic acids is 2. The van der Waals surface area contributed by atoms with Crippen molar-refractivity contribution in [1.29, 1.82) is 0 Å². The van der Waals surface area contributed by atoms with Crippen molar-refractivity contribution in [2.75, 3.05) is 0 Å². The molecule has 0 atom stereocenters. The summed E-state index contributed by atoms with van der Waals surface area (Å²) in [6.45, 7) is 0. The molecule has 0 rings (SSSR count). The Bertz CT molecular complexity index is 165. The van der Waals surface area contributed by atoms with Crippen LogP contribution in [0.25, 0.3) is 0 Å². The minimum absolute atomic E-state index is 0. The van der Waals surface area contributed by atoms with Crippen molar-refractivity contribution in [2.45, 2.75) is 0 Å². The van der Waals surface area contributed by atoms with Crippen LogP contribution in [0, 0.1) is 0 Å². The molecule has 0 heterocycles. The van der Waals surface area contributed by atoms with Gasteiger partial charge < -0.3 is 11.6 Å². The molecule has 2 N–H and O–H groups in total. The van der Waals surface area contributed by atoms with E-state index in [1.807, 2.05) is 0 Å². The third kappa shape index (κ3) is 3.28. The van der Waals surface area contributed by atoms with Crippen LogP contribution in [0.15, 0.2) is 11.9 Å².